The molecule has 0 bridgehead atoms. The van der Waals surface area contributed by atoms with Crippen LogP contribution >= 0.6 is 23.5 Å². The fraction of sp³-hybridized carbons (Fsp3) is 0.297. The normalized spacial score (nSPS) is 13.2. The topological polar surface area (TPSA) is 86.6 Å². The van der Waals surface area contributed by atoms with Crippen LogP contribution in [0, 0.1) is 0 Å². The van der Waals surface area contributed by atoms with Gasteiger partial charge in [0.2, 0.25) is 0 Å². The number of ketones is 2. The van der Waals surface area contributed by atoms with Gasteiger partial charge < -0.3 is 15.5 Å². The van der Waals surface area contributed by atoms with Gasteiger partial charge in [-0.3, -0.25) is 9.59 Å². The summed E-state index contributed by atoms with van der Waals surface area (Å²) in [6.45, 7) is 2.30. The minimum Gasteiger partial charge on any atom is -0.396 e. The number of aliphatic hydroxyl groups is 2. The Kier molecular flexibility index (Phi) is 13.1. The van der Waals surface area contributed by atoms with Gasteiger partial charge in [0.05, 0.1) is 13.2 Å². The summed E-state index contributed by atoms with van der Waals surface area (Å²) in [7, 11) is 1.88. The molecule has 0 radical (unpaired) electrons. The Hall–Kier alpha value is -3.36. The van der Waals surface area contributed by atoms with Crippen molar-refractivity contribution >= 4 is 40.8 Å². The van der Waals surface area contributed by atoms with Crippen LogP contribution < -0.4 is 5.32 Å². The molecular weight excluding hydrogens is 587 g/mol. The molecule has 7 heteroatoms. The summed E-state index contributed by atoms with van der Waals surface area (Å²) < 4.78 is 0. The molecule has 3 N–H and O–H groups in total. The lowest BCUT2D eigenvalue weighted by molar-refractivity contribution is 0.0974. The number of carbonyl (C=O) groups excluding carboxylic acids is 2. The monoisotopic (exact) mass is 627 g/mol. The van der Waals surface area contributed by atoms with Gasteiger partial charge in [-0.1, -0.05) is 97.9 Å². The number of hydrogen-bond acceptors (Lipinski definition) is 7. The molecule has 3 unspecified atom stereocenters. The molecule has 4 rings (SSSR count). The van der Waals surface area contributed by atoms with Crippen molar-refractivity contribution in [3.63, 3.8) is 0 Å². The predicted molar refractivity (Wildman–Crippen MR) is 185 cm³/mol. The highest BCUT2D eigenvalue weighted by molar-refractivity contribution is 7.99. The van der Waals surface area contributed by atoms with E-state index in [1.165, 1.54) is 0 Å². The Labute approximate surface area is 269 Å². The number of nitrogens with one attached hydrogen (secondary N) is 1. The highest BCUT2D eigenvalue weighted by Gasteiger charge is 2.20. The van der Waals surface area contributed by atoms with Crippen LogP contribution in [0.15, 0.2) is 103 Å². The molecule has 4 aromatic rings. The first-order valence-electron chi connectivity index (χ1n) is 15.0. The van der Waals surface area contributed by atoms with Crippen LogP contribution in [0.3, 0.4) is 0 Å². The zero-order valence-corrected chi connectivity index (χ0v) is 27.0. The standard InChI is InChI=1S/C37H41NO4S2/c1-26(28-10-14-31(15-11-28)36(43-22-20-39)24-34(41)29-6-4-3-5-7-29)27-8-12-30(13-9-27)35(42)25-37(44-23-21-40)32-16-18-33(38-2)19-17-32/h3-19,26,36-40H,20-25H2,1-2H3. The molecule has 230 valence electrons. The van der Waals surface area contributed by atoms with Crippen LogP contribution in [0.4, 0.5) is 5.69 Å². The largest absolute Gasteiger partial charge is 0.396 e. The van der Waals surface area contributed by atoms with E-state index in [9.17, 15) is 19.8 Å². The van der Waals surface area contributed by atoms with Crippen molar-refractivity contribution in [3.8, 4) is 0 Å². The zero-order chi connectivity index (χ0) is 31.3. The maximum atomic E-state index is 13.3. The lowest BCUT2D eigenvalue weighted by atomic mass is 9.90. The second-order valence-corrected chi connectivity index (χ2v) is 13.3. The zero-order valence-electron chi connectivity index (χ0n) is 25.3. The molecule has 0 fully saturated rings. The quantitative estimate of drug-likeness (QED) is 0.102. The maximum absolute atomic E-state index is 13.3. The van der Waals surface area contributed by atoms with E-state index in [1.807, 2.05) is 85.9 Å². The first-order chi connectivity index (χ1) is 21.4. The molecule has 5 nitrogen and oxygen atoms in total. The van der Waals surface area contributed by atoms with E-state index in [-0.39, 0.29) is 41.2 Å². The van der Waals surface area contributed by atoms with Crippen molar-refractivity contribution in [1.82, 2.24) is 0 Å². The number of thioether (sulfide) groups is 2. The van der Waals surface area contributed by atoms with E-state index < -0.39 is 0 Å². The summed E-state index contributed by atoms with van der Waals surface area (Å²) in [5.41, 5.74) is 6.82. The Bertz CT molecular complexity index is 1460. The van der Waals surface area contributed by atoms with Crippen LogP contribution in [-0.4, -0.2) is 53.5 Å². The third kappa shape index (κ3) is 9.32. The summed E-state index contributed by atoms with van der Waals surface area (Å²) in [6.07, 6.45) is 0.738. The van der Waals surface area contributed by atoms with Crippen LogP contribution in [0.5, 0.6) is 0 Å². The van der Waals surface area contributed by atoms with Crippen molar-refractivity contribution in [2.75, 3.05) is 37.1 Å². The maximum Gasteiger partial charge on any atom is 0.164 e. The number of rotatable bonds is 17. The van der Waals surface area contributed by atoms with Crippen LogP contribution in [0.2, 0.25) is 0 Å². The van der Waals surface area contributed by atoms with E-state index in [4.69, 9.17) is 0 Å². The molecule has 0 saturated heterocycles. The van der Waals surface area contributed by atoms with E-state index >= 15 is 0 Å². The molecule has 0 aromatic heterocycles. The number of hydrogen-bond donors (Lipinski definition) is 3. The van der Waals surface area contributed by atoms with Crippen LogP contribution in [0.25, 0.3) is 0 Å². The van der Waals surface area contributed by atoms with Crippen LogP contribution in [0.1, 0.15) is 79.2 Å². The van der Waals surface area contributed by atoms with E-state index in [1.54, 1.807) is 23.5 Å². The summed E-state index contributed by atoms with van der Waals surface area (Å²) in [6, 6.07) is 33.7. The van der Waals surface area contributed by atoms with Crippen LogP contribution in [-0.2, 0) is 0 Å². The number of Topliss-reactive ketones (excluding diaryl/α,β-unsaturated/α-hetero) is 2. The van der Waals surface area contributed by atoms with E-state index in [2.05, 4.69) is 36.5 Å². The minimum absolute atomic E-state index is 0.0278. The summed E-state index contributed by atoms with van der Waals surface area (Å²) in [5, 5.41) is 21.9. The molecule has 0 heterocycles. The number of benzene rings is 4. The van der Waals surface area contributed by atoms with Gasteiger partial charge in [-0.05, 0) is 34.4 Å². The molecule has 0 spiro atoms. The highest BCUT2D eigenvalue weighted by atomic mass is 32.2. The lowest BCUT2D eigenvalue weighted by Gasteiger charge is -2.19. The molecule has 0 saturated carbocycles. The third-order valence-corrected chi connectivity index (χ3v) is 10.3. The highest BCUT2D eigenvalue weighted by Crippen LogP contribution is 2.36. The van der Waals surface area contributed by atoms with Crippen molar-refractivity contribution in [2.24, 2.45) is 0 Å². The Morgan fingerprint density at radius 1 is 0.614 bits per heavy atom. The van der Waals surface area contributed by atoms with Gasteiger partial charge >= 0.3 is 0 Å². The van der Waals surface area contributed by atoms with Gasteiger partial charge in [0.1, 0.15) is 0 Å². The van der Waals surface area contributed by atoms with Gasteiger partial charge in [-0.15, -0.1) is 0 Å². The fourth-order valence-corrected chi connectivity index (χ4v) is 7.16. The molecule has 44 heavy (non-hydrogen) atoms. The average Bonchev–Trinajstić information content (AvgIpc) is 3.08. The lowest BCUT2D eigenvalue weighted by Crippen LogP contribution is -2.08. The predicted octanol–water partition coefficient (Wildman–Crippen LogP) is 7.96. The Morgan fingerprint density at radius 3 is 1.48 bits per heavy atom. The molecule has 0 aliphatic carbocycles. The summed E-state index contributed by atoms with van der Waals surface area (Å²) >= 11 is 3.20. The van der Waals surface area contributed by atoms with Gasteiger partial charge in [0.15, 0.2) is 11.6 Å². The summed E-state index contributed by atoms with van der Waals surface area (Å²) in [5.74, 6) is 1.45. The number of anilines is 1. The SMILES string of the molecule is CNc1ccc(C(CC(=O)c2ccc(C(C)c3ccc(C(CC(=O)c4ccccc4)SCCO)cc3)cc2)SCCO)cc1. The number of carbonyl (C=O) groups is 2. The van der Waals surface area contributed by atoms with Crippen molar-refractivity contribution in [3.05, 3.63) is 137 Å². The van der Waals surface area contributed by atoms with Gasteiger partial charge in [0, 0.05) is 64.6 Å². The third-order valence-electron chi connectivity index (χ3n) is 7.77. The van der Waals surface area contributed by atoms with E-state index in [0.717, 1.165) is 27.9 Å². The first kappa shape index (κ1) is 33.5. The average molecular weight is 628 g/mol. The molecule has 3 atom stereocenters. The van der Waals surface area contributed by atoms with Gasteiger partial charge in [-0.25, -0.2) is 0 Å². The molecular formula is C37H41NO4S2. The second kappa shape index (κ2) is 17.2. The van der Waals surface area contributed by atoms with Crippen molar-refractivity contribution in [2.45, 2.75) is 36.2 Å². The Balaban J connectivity index is 1.42. The molecule has 4 aromatic carbocycles. The second-order valence-electron chi connectivity index (χ2n) is 10.7. The first-order valence-corrected chi connectivity index (χ1v) is 17.1. The van der Waals surface area contributed by atoms with Crippen molar-refractivity contribution in [1.29, 1.82) is 0 Å². The minimum atomic E-state index is -0.0369. The fourth-order valence-electron chi connectivity index (χ4n) is 5.15. The molecule has 0 aliphatic heterocycles. The molecule has 0 aliphatic rings. The molecule has 0 amide bonds. The Morgan fingerprint density at radius 2 is 1.02 bits per heavy atom. The summed E-state index contributed by atoms with van der Waals surface area (Å²) in [4.78, 5) is 26.2. The van der Waals surface area contributed by atoms with Gasteiger partial charge in [0.25, 0.3) is 0 Å². The van der Waals surface area contributed by atoms with Crippen molar-refractivity contribution < 1.29 is 19.8 Å². The number of aliphatic hydroxyl groups excluding tert-OH is 2. The van der Waals surface area contributed by atoms with E-state index in [0.29, 0.717) is 35.5 Å². The van der Waals surface area contributed by atoms with Gasteiger partial charge in [-0.2, -0.15) is 23.5 Å². The smallest absolute Gasteiger partial charge is 0.164 e.